The second kappa shape index (κ2) is 8.15. The zero-order valence-electron chi connectivity index (χ0n) is 17.3. The molecule has 8 heteroatoms. The highest BCUT2D eigenvalue weighted by Crippen LogP contribution is 2.37. The van der Waals surface area contributed by atoms with Crippen LogP contribution in [0.2, 0.25) is 5.02 Å². The lowest BCUT2D eigenvalue weighted by Crippen LogP contribution is -2.06. The van der Waals surface area contributed by atoms with E-state index in [1.54, 1.807) is 18.2 Å². The molecule has 1 radical (unpaired) electrons. The molecule has 1 N–H and O–H groups in total. The number of nitrogens with one attached hydrogen (secondary N) is 1. The van der Waals surface area contributed by atoms with Gasteiger partial charge in [-0.1, -0.05) is 23.7 Å². The molecule has 2 aromatic carbocycles. The van der Waals surface area contributed by atoms with Crippen LogP contribution in [0, 0.1) is 25.5 Å². The molecule has 3 heterocycles. The Hall–Kier alpha value is -3.03. The van der Waals surface area contributed by atoms with E-state index in [4.69, 9.17) is 16.9 Å². The van der Waals surface area contributed by atoms with Gasteiger partial charge >= 0.3 is 0 Å². The fourth-order valence-corrected chi connectivity index (χ4v) is 5.22. The summed E-state index contributed by atoms with van der Waals surface area (Å²) in [6, 6.07) is 9.87. The molecule has 5 aromatic rings. The van der Waals surface area contributed by atoms with Crippen LogP contribution in [0.5, 0.6) is 0 Å². The lowest BCUT2D eigenvalue weighted by molar-refractivity contribution is 0.628. The third-order valence-corrected chi connectivity index (χ3v) is 7.01. The Balaban J connectivity index is 1.41. The normalized spacial score (nSPS) is 11.5. The van der Waals surface area contributed by atoms with Gasteiger partial charge in [0.2, 0.25) is 0 Å². The van der Waals surface area contributed by atoms with E-state index in [2.05, 4.69) is 15.0 Å². The smallest absolute Gasteiger partial charge is 0.168 e. The molecule has 5 rings (SSSR count). The molecule has 0 aliphatic rings. The van der Waals surface area contributed by atoms with Crippen molar-refractivity contribution in [3.05, 3.63) is 76.2 Å². The summed E-state index contributed by atoms with van der Waals surface area (Å²) in [7, 11) is 0. The van der Waals surface area contributed by atoms with Gasteiger partial charge in [-0.25, -0.2) is 18.7 Å². The highest BCUT2D eigenvalue weighted by molar-refractivity contribution is 7.22. The van der Waals surface area contributed by atoms with Crippen molar-refractivity contribution in [2.24, 2.45) is 0 Å². The number of aromatic nitrogens is 3. The van der Waals surface area contributed by atoms with Crippen LogP contribution in [0.15, 0.2) is 42.7 Å². The lowest BCUT2D eigenvalue weighted by atomic mass is 10.0. The summed E-state index contributed by atoms with van der Waals surface area (Å²) in [6.07, 6.45) is 2.15. The van der Waals surface area contributed by atoms with E-state index >= 15 is 0 Å². The van der Waals surface area contributed by atoms with Crippen molar-refractivity contribution in [3.63, 3.8) is 0 Å². The topological polar surface area (TPSA) is 55.7 Å². The summed E-state index contributed by atoms with van der Waals surface area (Å²) in [5, 5.41) is 5.72. The highest BCUT2D eigenvalue weighted by atomic mass is 35.5. The Kier molecular flexibility index (Phi) is 5.31. The molecular weight excluding hydrogens is 450 g/mol. The molecule has 0 spiro atoms. The maximum Gasteiger partial charge on any atom is 0.168 e. The number of fused-ring (bicyclic) bond motifs is 2. The van der Waals surface area contributed by atoms with Crippen LogP contribution in [-0.2, 0) is 6.42 Å². The van der Waals surface area contributed by atoms with Crippen molar-refractivity contribution >= 4 is 49.9 Å². The second-order valence-electron chi connectivity index (χ2n) is 7.63. The van der Waals surface area contributed by atoms with E-state index in [-0.39, 0.29) is 10.8 Å². The van der Waals surface area contributed by atoms with Gasteiger partial charge in [0.05, 0.1) is 20.8 Å². The van der Waals surface area contributed by atoms with Crippen LogP contribution in [0.4, 0.5) is 14.6 Å². The summed E-state index contributed by atoms with van der Waals surface area (Å²) in [5.41, 5.74) is 5.19. The molecule has 0 aliphatic heterocycles. The van der Waals surface area contributed by atoms with Gasteiger partial charge in [-0.3, -0.25) is 5.32 Å². The van der Waals surface area contributed by atoms with Crippen LogP contribution >= 0.6 is 22.9 Å². The van der Waals surface area contributed by atoms with E-state index < -0.39 is 5.82 Å². The number of benzene rings is 2. The number of rotatable bonds is 5. The minimum Gasteiger partial charge on any atom is -0.356 e. The van der Waals surface area contributed by atoms with E-state index in [1.165, 1.54) is 29.8 Å². The second-order valence-corrected chi connectivity index (χ2v) is 9.09. The molecule has 0 amide bonds. The molecule has 0 bridgehead atoms. The van der Waals surface area contributed by atoms with Gasteiger partial charge in [-0.2, -0.15) is 0 Å². The number of hydrogen-bond donors (Lipinski definition) is 1. The summed E-state index contributed by atoms with van der Waals surface area (Å²) in [5.74, 6) is -0.0871. The number of H-pyrrole nitrogens is 1. The van der Waals surface area contributed by atoms with E-state index in [0.717, 1.165) is 42.9 Å². The Morgan fingerprint density at radius 1 is 1.06 bits per heavy atom. The maximum absolute atomic E-state index is 14.2. The largest absolute Gasteiger partial charge is 0.356 e. The summed E-state index contributed by atoms with van der Waals surface area (Å²) < 4.78 is 28.6. The van der Waals surface area contributed by atoms with Crippen molar-refractivity contribution in [2.45, 2.75) is 20.3 Å². The Labute approximate surface area is 192 Å². The number of aryl methyl sites for hydroxylation is 2. The molecule has 0 saturated heterocycles. The van der Waals surface area contributed by atoms with Gasteiger partial charge < -0.3 is 4.98 Å². The Bertz CT molecular complexity index is 1470. The fraction of sp³-hybridized carbons (Fsp3) is 0.167. The van der Waals surface area contributed by atoms with Crippen LogP contribution in [0.25, 0.3) is 31.6 Å². The summed E-state index contributed by atoms with van der Waals surface area (Å²) in [4.78, 5) is 12.8. The van der Waals surface area contributed by atoms with E-state index in [1.807, 2.05) is 19.9 Å². The number of thiophene rings is 1. The van der Waals surface area contributed by atoms with Crippen molar-refractivity contribution in [2.75, 3.05) is 6.54 Å². The molecule has 0 aliphatic carbocycles. The first-order valence-electron chi connectivity index (χ1n) is 10.1. The first-order valence-corrected chi connectivity index (χ1v) is 11.3. The third kappa shape index (κ3) is 3.61. The van der Waals surface area contributed by atoms with Crippen LogP contribution in [0.1, 0.15) is 16.8 Å². The van der Waals surface area contributed by atoms with Gasteiger partial charge in [-0.05, 0) is 61.2 Å². The van der Waals surface area contributed by atoms with Crippen LogP contribution in [-0.4, -0.2) is 21.5 Å². The number of hydrogen-bond acceptors (Lipinski definition) is 3. The zero-order chi connectivity index (χ0) is 22.4. The number of aromatic amines is 1. The first kappa shape index (κ1) is 20.8. The molecular formula is C24H18ClF2N4S. The van der Waals surface area contributed by atoms with Crippen LogP contribution in [0.3, 0.4) is 0 Å². The molecule has 161 valence electrons. The molecule has 4 nitrogen and oxygen atoms in total. The van der Waals surface area contributed by atoms with E-state index in [0.29, 0.717) is 24.3 Å². The molecule has 0 saturated carbocycles. The minimum atomic E-state index is -0.449. The van der Waals surface area contributed by atoms with Crippen molar-refractivity contribution in [3.8, 4) is 10.4 Å². The minimum absolute atomic E-state index is 0.0804. The van der Waals surface area contributed by atoms with E-state index in [9.17, 15) is 8.78 Å². The standard InChI is InChI=1S/C24H18ClF2N4S/c1-12-3-5-18(27)22-21(12)15(13(2)31-22)7-8-28-24-23-19(29-11-30-24)10-20(32-23)14-4-6-17(26)16(25)9-14/h3-6,9-11,31H,7-8H2,1-2H3. The van der Waals surface area contributed by atoms with Crippen molar-refractivity contribution in [1.29, 1.82) is 0 Å². The van der Waals surface area contributed by atoms with Crippen molar-refractivity contribution in [1.82, 2.24) is 20.3 Å². The molecule has 0 atom stereocenters. The average Bonchev–Trinajstić information content (AvgIpc) is 3.35. The van der Waals surface area contributed by atoms with Gasteiger partial charge in [0.15, 0.2) is 5.82 Å². The van der Waals surface area contributed by atoms with Crippen molar-refractivity contribution < 1.29 is 8.78 Å². The third-order valence-electron chi connectivity index (χ3n) is 5.55. The quantitative estimate of drug-likeness (QED) is 0.306. The Morgan fingerprint density at radius 3 is 2.69 bits per heavy atom. The summed E-state index contributed by atoms with van der Waals surface area (Å²) >= 11 is 7.44. The average molecular weight is 468 g/mol. The number of halogens is 3. The first-order chi connectivity index (χ1) is 15.4. The SMILES string of the molecule is Cc1[nH]c2c(F)ccc(C)c2c1CC[N]c1ncnc2cc(-c3ccc(F)c(Cl)c3)sc12. The molecule has 0 fully saturated rings. The highest BCUT2D eigenvalue weighted by Gasteiger charge is 2.16. The zero-order valence-corrected chi connectivity index (χ0v) is 18.9. The van der Waals surface area contributed by atoms with Gasteiger partial charge in [-0.15, -0.1) is 11.3 Å². The Morgan fingerprint density at radius 2 is 1.88 bits per heavy atom. The fourth-order valence-electron chi connectivity index (χ4n) is 3.98. The van der Waals surface area contributed by atoms with Crippen LogP contribution < -0.4 is 5.32 Å². The maximum atomic E-state index is 14.2. The molecule has 3 aromatic heterocycles. The van der Waals surface area contributed by atoms with Gasteiger partial charge in [0.1, 0.15) is 18.0 Å². The lowest BCUT2D eigenvalue weighted by Gasteiger charge is -2.05. The van der Waals surface area contributed by atoms with Gasteiger partial charge in [0, 0.05) is 22.5 Å². The number of nitrogens with zero attached hydrogens (tertiary/aromatic N) is 3. The predicted octanol–water partition coefficient (Wildman–Crippen LogP) is 6.87. The monoisotopic (exact) mass is 467 g/mol. The van der Waals surface area contributed by atoms with Gasteiger partial charge in [0.25, 0.3) is 0 Å². The summed E-state index contributed by atoms with van der Waals surface area (Å²) in [6.45, 7) is 4.44. The molecule has 32 heavy (non-hydrogen) atoms. The predicted molar refractivity (Wildman–Crippen MR) is 126 cm³/mol. The molecule has 0 unspecified atom stereocenters.